The van der Waals surface area contributed by atoms with Crippen LogP contribution in [0.2, 0.25) is 0 Å². The smallest absolute Gasteiger partial charge is 0.270 e. The molecule has 1 heterocycles. The van der Waals surface area contributed by atoms with Gasteiger partial charge in [0.2, 0.25) is 15.7 Å². The number of para-hydroxylation sites is 1. The van der Waals surface area contributed by atoms with Crippen LogP contribution >= 0.6 is 11.8 Å². The molecule has 0 radical (unpaired) electrons. The van der Waals surface area contributed by atoms with E-state index in [1.54, 1.807) is 24.3 Å². The summed E-state index contributed by atoms with van der Waals surface area (Å²) in [6.45, 7) is 0. The number of aromatic nitrogens is 2. The summed E-state index contributed by atoms with van der Waals surface area (Å²) in [5.74, 6) is -1.22. The second-order valence-electron chi connectivity index (χ2n) is 5.51. The maximum absolute atomic E-state index is 13.5. The van der Waals surface area contributed by atoms with Crippen LogP contribution in [0.1, 0.15) is 0 Å². The highest BCUT2D eigenvalue weighted by atomic mass is 32.2. The van der Waals surface area contributed by atoms with Gasteiger partial charge < -0.3 is 10.3 Å². The Morgan fingerprint density at radius 2 is 1.79 bits per heavy atom. The Hall–Kier alpha value is -2.98. The van der Waals surface area contributed by atoms with Crippen molar-refractivity contribution in [1.29, 1.82) is 0 Å². The minimum absolute atomic E-state index is 0.0213. The van der Waals surface area contributed by atoms with Crippen molar-refractivity contribution in [2.45, 2.75) is 14.9 Å². The summed E-state index contributed by atoms with van der Waals surface area (Å²) < 4.78 is 38.5. The number of carbonyl (C=O) groups is 1. The topological polar surface area (TPSA) is 109 Å². The average Bonchev–Trinajstić information content (AvgIpc) is 2.69. The number of halogens is 1. The van der Waals surface area contributed by atoms with Gasteiger partial charge in [0.25, 0.3) is 5.56 Å². The molecule has 144 valence electrons. The summed E-state index contributed by atoms with van der Waals surface area (Å²) in [5.41, 5.74) is -0.797. The van der Waals surface area contributed by atoms with Gasteiger partial charge in [-0.3, -0.25) is 9.59 Å². The molecule has 0 saturated heterocycles. The predicted molar refractivity (Wildman–Crippen MR) is 103 cm³/mol. The number of H-pyrrole nitrogens is 1. The summed E-state index contributed by atoms with van der Waals surface area (Å²) in [6, 6.07) is 13.2. The minimum atomic E-state index is -4.00. The van der Waals surface area contributed by atoms with E-state index in [1.807, 2.05) is 0 Å². The van der Waals surface area contributed by atoms with Gasteiger partial charge >= 0.3 is 0 Å². The highest BCUT2D eigenvalue weighted by molar-refractivity contribution is 7.99. The first-order valence-corrected chi connectivity index (χ1v) is 10.4. The number of nitrogens with one attached hydrogen (secondary N) is 2. The molecular weight excluding hydrogens is 405 g/mol. The Labute approximate surface area is 164 Å². The average molecular weight is 419 g/mol. The molecule has 0 aliphatic heterocycles. The Bertz CT molecular complexity index is 1160. The van der Waals surface area contributed by atoms with E-state index in [1.165, 1.54) is 30.3 Å². The van der Waals surface area contributed by atoms with Crippen LogP contribution in [0.4, 0.5) is 10.1 Å². The molecule has 3 rings (SSSR count). The summed E-state index contributed by atoms with van der Waals surface area (Å²) in [4.78, 5) is 29.9. The van der Waals surface area contributed by atoms with Crippen molar-refractivity contribution in [3.8, 4) is 0 Å². The number of thioether (sulfide) groups is 1. The molecule has 0 aliphatic carbocycles. The Morgan fingerprint density at radius 3 is 2.46 bits per heavy atom. The first-order chi connectivity index (χ1) is 13.4. The van der Waals surface area contributed by atoms with Crippen molar-refractivity contribution >= 4 is 33.2 Å². The van der Waals surface area contributed by atoms with Gasteiger partial charge in [0.05, 0.1) is 22.5 Å². The molecule has 7 nitrogen and oxygen atoms in total. The monoisotopic (exact) mass is 419 g/mol. The normalized spacial score (nSPS) is 11.2. The first-order valence-electron chi connectivity index (χ1n) is 7.94. The van der Waals surface area contributed by atoms with Crippen LogP contribution < -0.4 is 10.9 Å². The molecule has 1 aromatic heterocycles. The highest BCUT2D eigenvalue weighted by Gasteiger charge is 2.22. The summed E-state index contributed by atoms with van der Waals surface area (Å²) in [6.07, 6.45) is 0.957. The molecule has 2 aromatic carbocycles. The molecule has 2 N–H and O–H groups in total. The van der Waals surface area contributed by atoms with E-state index in [2.05, 4.69) is 15.3 Å². The Balaban J connectivity index is 1.70. The summed E-state index contributed by atoms with van der Waals surface area (Å²) >= 11 is 0.887. The van der Waals surface area contributed by atoms with Gasteiger partial charge in [-0.2, -0.15) is 0 Å². The van der Waals surface area contributed by atoms with Gasteiger partial charge in [0.1, 0.15) is 5.82 Å². The van der Waals surface area contributed by atoms with Crippen molar-refractivity contribution in [2.75, 3.05) is 11.1 Å². The predicted octanol–water partition coefficient (Wildman–Crippen LogP) is 2.47. The van der Waals surface area contributed by atoms with E-state index in [4.69, 9.17) is 0 Å². The number of hydrogen-bond acceptors (Lipinski definition) is 6. The van der Waals surface area contributed by atoms with Crippen molar-refractivity contribution in [2.24, 2.45) is 0 Å². The zero-order valence-electron chi connectivity index (χ0n) is 14.3. The molecular formula is C18H14FN3O4S2. The fraction of sp³-hybridized carbons (Fsp3) is 0.0556. The zero-order valence-corrected chi connectivity index (χ0v) is 15.9. The molecule has 1 amide bonds. The Morgan fingerprint density at radius 1 is 1.11 bits per heavy atom. The number of hydrogen-bond donors (Lipinski definition) is 2. The van der Waals surface area contributed by atoms with Crippen molar-refractivity contribution in [3.63, 3.8) is 0 Å². The lowest BCUT2D eigenvalue weighted by Gasteiger charge is -2.06. The molecule has 0 spiro atoms. The molecule has 10 heteroatoms. The van der Waals surface area contributed by atoms with Gasteiger partial charge in [-0.1, -0.05) is 42.1 Å². The van der Waals surface area contributed by atoms with Crippen molar-refractivity contribution < 1.29 is 17.6 Å². The van der Waals surface area contributed by atoms with E-state index in [0.29, 0.717) is 0 Å². The standard InChI is InChI=1S/C18H14FN3O4S2/c19-13-8-4-5-9-14(13)21-16(23)11-27-18-20-10-15(17(24)22-18)28(25,26)12-6-2-1-3-7-12/h1-10H,11H2,(H,21,23)(H,20,22,24). The van der Waals surface area contributed by atoms with Crippen LogP contribution in [0.25, 0.3) is 0 Å². The van der Waals surface area contributed by atoms with E-state index in [-0.39, 0.29) is 21.5 Å². The minimum Gasteiger partial charge on any atom is -0.323 e. The number of benzene rings is 2. The third kappa shape index (κ3) is 4.46. The fourth-order valence-electron chi connectivity index (χ4n) is 2.24. The largest absolute Gasteiger partial charge is 0.323 e. The second-order valence-corrected chi connectivity index (χ2v) is 8.40. The zero-order chi connectivity index (χ0) is 20.1. The molecule has 28 heavy (non-hydrogen) atoms. The number of nitrogens with zero attached hydrogens (tertiary/aromatic N) is 1. The SMILES string of the molecule is O=C(CSc1ncc(S(=O)(=O)c2ccccc2)c(=O)[nH]1)Nc1ccccc1F. The van der Waals surface area contributed by atoms with Gasteiger partial charge in [-0.05, 0) is 24.3 Å². The Kier molecular flexibility index (Phi) is 5.90. The number of carbonyl (C=O) groups excluding carboxylic acids is 1. The number of rotatable bonds is 6. The second kappa shape index (κ2) is 8.36. The third-order valence-corrected chi connectivity index (χ3v) is 6.22. The van der Waals surface area contributed by atoms with Gasteiger partial charge in [0.15, 0.2) is 10.1 Å². The lowest BCUT2D eigenvalue weighted by Crippen LogP contribution is -2.20. The highest BCUT2D eigenvalue weighted by Crippen LogP contribution is 2.19. The molecule has 0 bridgehead atoms. The van der Waals surface area contributed by atoms with Crippen LogP contribution in [0.15, 0.2) is 80.5 Å². The molecule has 0 unspecified atom stereocenters. The van der Waals surface area contributed by atoms with Crippen molar-refractivity contribution in [1.82, 2.24) is 9.97 Å². The number of anilines is 1. The molecule has 0 aliphatic rings. The maximum atomic E-state index is 13.5. The maximum Gasteiger partial charge on any atom is 0.270 e. The molecule has 0 saturated carbocycles. The van der Waals surface area contributed by atoms with E-state index < -0.39 is 32.0 Å². The molecule has 0 fully saturated rings. The fourth-order valence-corrected chi connectivity index (χ4v) is 4.13. The molecule has 0 atom stereocenters. The van der Waals surface area contributed by atoms with Crippen LogP contribution in [0.5, 0.6) is 0 Å². The summed E-state index contributed by atoms with van der Waals surface area (Å²) in [7, 11) is -4.00. The van der Waals surface area contributed by atoms with Crippen molar-refractivity contribution in [3.05, 3.63) is 77.0 Å². The van der Waals surface area contributed by atoms with Crippen LogP contribution in [0, 0.1) is 5.82 Å². The van der Waals surface area contributed by atoms with Gasteiger partial charge in [-0.25, -0.2) is 17.8 Å². The number of sulfone groups is 1. The lowest BCUT2D eigenvalue weighted by atomic mass is 10.3. The van der Waals surface area contributed by atoms with Gasteiger partial charge in [0, 0.05) is 0 Å². The third-order valence-electron chi connectivity index (χ3n) is 3.57. The van der Waals surface area contributed by atoms with Crippen LogP contribution in [0.3, 0.4) is 0 Å². The molecule has 3 aromatic rings. The van der Waals surface area contributed by atoms with Crippen LogP contribution in [-0.2, 0) is 14.6 Å². The number of aromatic amines is 1. The van der Waals surface area contributed by atoms with E-state index in [9.17, 15) is 22.4 Å². The van der Waals surface area contributed by atoms with E-state index in [0.717, 1.165) is 18.0 Å². The van der Waals surface area contributed by atoms with Gasteiger partial charge in [-0.15, -0.1) is 0 Å². The number of amides is 1. The van der Waals surface area contributed by atoms with Crippen LogP contribution in [-0.4, -0.2) is 30.0 Å². The lowest BCUT2D eigenvalue weighted by molar-refractivity contribution is -0.113. The van der Waals surface area contributed by atoms with E-state index >= 15 is 0 Å². The summed E-state index contributed by atoms with van der Waals surface area (Å²) in [5, 5.41) is 2.47. The first kappa shape index (κ1) is 19.8. The quantitative estimate of drug-likeness (QED) is 0.469.